The summed E-state index contributed by atoms with van der Waals surface area (Å²) < 4.78 is 45.0. The van der Waals surface area contributed by atoms with E-state index in [4.69, 9.17) is 4.74 Å². The molecule has 0 saturated carbocycles. The Morgan fingerprint density at radius 2 is 2.16 bits per heavy atom. The number of imidazole rings is 1. The Bertz CT molecular complexity index is 712. The van der Waals surface area contributed by atoms with Gasteiger partial charge < -0.3 is 14.2 Å². The normalized spacial score (nSPS) is 17.6. The molecule has 1 aliphatic rings. The van der Waals surface area contributed by atoms with Gasteiger partial charge in [-0.05, 0) is 24.9 Å². The van der Waals surface area contributed by atoms with Gasteiger partial charge in [0.05, 0.1) is 7.11 Å². The Morgan fingerprint density at radius 1 is 1.36 bits per heavy atom. The van der Waals surface area contributed by atoms with E-state index in [2.05, 4.69) is 14.9 Å². The highest BCUT2D eigenvalue weighted by atomic mass is 19.4. The lowest BCUT2D eigenvalue weighted by Gasteiger charge is -2.28. The number of ether oxygens (including phenoxy) is 1. The maximum absolute atomic E-state index is 12.8. The van der Waals surface area contributed by atoms with Gasteiger partial charge >= 0.3 is 6.18 Å². The number of halogens is 3. The Balaban J connectivity index is 1.57. The fraction of sp³-hybridized carbons (Fsp3) is 0.529. The van der Waals surface area contributed by atoms with Crippen molar-refractivity contribution in [1.29, 1.82) is 0 Å². The van der Waals surface area contributed by atoms with Crippen LogP contribution in [0.1, 0.15) is 23.5 Å². The topological polar surface area (TPSA) is 43.2 Å². The van der Waals surface area contributed by atoms with Gasteiger partial charge in [0.15, 0.2) is 5.69 Å². The summed E-state index contributed by atoms with van der Waals surface area (Å²) in [5.74, 6) is 1.41. The molecule has 0 aliphatic carbocycles. The van der Waals surface area contributed by atoms with Gasteiger partial charge in [-0.15, -0.1) is 0 Å². The number of hydrogen-bond acceptors (Lipinski definition) is 4. The first kappa shape index (κ1) is 17.7. The van der Waals surface area contributed by atoms with Crippen LogP contribution in [0.25, 0.3) is 0 Å². The SMILES string of the molecule is COc1ccc(CN(C)CC2CCc3nc(C(F)(F)F)cn3C2)cn1. The monoisotopic (exact) mass is 354 g/mol. The predicted molar refractivity (Wildman–Crippen MR) is 86.2 cm³/mol. The molecular formula is C17H21F3N4O. The number of aryl methyl sites for hydroxylation is 1. The summed E-state index contributed by atoms with van der Waals surface area (Å²) in [6, 6.07) is 3.78. The second kappa shape index (κ2) is 7.03. The van der Waals surface area contributed by atoms with Crippen LogP contribution in [0.4, 0.5) is 13.2 Å². The van der Waals surface area contributed by atoms with Gasteiger partial charge in [-0.25, -0.2) is 9.97 Å². The van der Waals surface area contributed by atoms with E-state index >= 15 is 0 Å². The average Bonchev–Trinajstić information content (AvgIpc) is 2.99. The molecule has 0 N–H and O–H groups in total. The summed E-state index contributed by atoms with van der Waals surface area (Å²) in [7, 11) is 3.58. The fourth-order valence-electron chi connectivity index (χ4n) is 3.24. The molecule has 2 aromatic heterocycles. The molecule has 5 nitrogen and oxygen atoms in total. The van der Waals surface area contributed by atoms with Crippen LogP contribution < -0.4 is 4.74 Å². The first-order valence-electron chi connectivity index (χ1n) is 8.16. The zero-order valence-electron chi connectivity index (χ0n) is 14.3. The minimum atomic E-state index is -4.38. The van der Waals surface area contributed by atoms with Crippen LogP contribution >= 0.6 is 0 Å². The molecule has 0 spiro atoms. The summed E-state index contributed by atoms with van der Waals surface area (Å²) in [6.45, 7) is 2.12. The maximum atomic E-state index is 12.8. The average molecular weight is 354 g/mol. The molecular weight excluding hydrogens is 333 g/mol. The molecule has 1 aliphatic heterocycles. The van der Waals surface area contributed by atoms with E-state index in [9.17, 15) is 13.2 Å². The van der Waals surface area contributed by atoms with Crippen molar-refractivity contribution in [2.45, 2.75) is 32.1 Å². The second-order valence-electron chi connectivity index (χ2n) is 6.50. The summed E-state index contributed by atoms with van der Waals surface area (Å²) in [4.78, 5) is 10.1. The van der Waals surface area contributed by atoms with Crippen LogP contribution in [-0.4, -0.2) is 40.1 Å². The molecule has 8 heteroatoms. The van der Waals surface area contributed by atoms with Crippen molar-refractivity contribution in [2.75, 3.05) is 20.7 Å². The number of rotatable bonds is 5. The van der Waals surface area contributed by atoms with Crippen molar-refractivity contribution in [1.82, 2.24) is 19.4 Å². The first-order chi connectivity index (χ1) is 11.8. The van der Waals surface area contributed by atoms with Gasteiger partial charge in [0, 0.05) is 44.5 Å². The van der Waals surface area contributed by atoms with E-state index in [1.165, 1.54) is 0 Å². The number of aromatic nitrogens is 3. The van der Waals surface area contributed by atoms with Crippen LogP contribution in [0.5, 0.6) is 5.88 Å². The number of nitrogens with zero attached hydrogens (tertiary/aromatic N) is 4. The second-order valence-corrected chi connectivity index (χ2v) is 6.50. The smallest absolute Gasteiger partial charge is 0.434 e. The number of hydrogen-bond donors (Lipinski definition) is 0. The van der Waals surface area contributed by atoms with Gasteiger partial charge in [-0.1, -0.05) is 6.07 Å². The van der Waals surface area contributed by atoms with Crippen molar-refractivity contribution in [2.24, 2.45) is 5.92 Å². The maximum Gasteiger partial charge on any atom is 0.434 e. The Kier molecular flexibility index (Phi) is 4.99. The standard InChI is InChI=1S/C17H21F3N4O/c1-23(8-12-4-6-16(25-2)21-7-12)9-13-3-5-15-22-14(17(18,19)20)11-24(15)10-13/h4,6-7,11,13H,3,5,8-10H2,1-2H3. The highest BCUT2D eigenvalue weighted by molar-refractivity contribution is 5.17. The lowest BCUT2D eigenvalue weighted by atomic mass is 9.99. The lowest BCUT2D eigenvalue weighted by molar-refractivity contribution is -0.141. The van der Waals surface area contributed by atoms with Crippen molar-refractivity contribution in [3.05, 3.63) is 41.6 Å². The predicted octanol–water partition coefficient (Wildman–Crippen LogP) is 3.00. The quantitative estimate of drug-likeness (QED) is 0.828. The van der Waals surface area contributed by atoms with Gasteiger partial charge in [0.2, 0.25) is 5.88 Å². The molecule has 1 atom stereocenters. The molecule has 3 heterocycles. The van der Waals surface area contributed by atoms with Crippen molar-refractivity contribution >= 4 is 0 Å². The molecule has 2 aromatic rings. The molecule has 0 aromatic carbocycles. The first-order valence-corrected chi connectivity index (χ1v) is 8.16. The third kappa shape index (κ3) is 4.31. The highest BCUT2D eigenvalue weighted by Crippen LogP contribution is 2.30. The Hall–Kier alpha value is -2.09. The summed E-state index contributed by atoms with van der Waals surface area (Å²) in [6.07, 6.45) is -0.0369. The van der Waals surface area contributed by atoms with Crippen molar-refractivity contribution in [3.8, 4) is 5.88 Å². The van der Waals surface area contributed by atoms with Gasteiger partial charge in [0.1, 0.15) is 5.82 Å². The molecule has 0 amide bonds. The van der Waals surface area contributed by atoms with Gasteiger partial charge in [-0.3, -0.25) is 0 Å². The largest absolute Gasteiger partial charge is 0.481 e. The number of fused-ring (bicyclic) bond motifs is 1. The molecule has 0 radical (unpaired) electrons. The molecule has 3 rings (SSSR count). The van der Waals surface area contributed by atoms with Crippen LogP contribution in [-0.2, 0) is 25.7 Å². The van der Waals surface area contributed by atoms with Crippen LogP contribution in [0.15, 0.2) is 24.5 Å². The van der Waals surface area contributed by atoms with E-state index in [1.807, 2.05) is 19.2 Å². The van der Waals surface area contributed by atoms with Crippen molar-refractivity contribution in [3.63, 3.8) is 0 Å². The lowest BCUT2D eigenvalue weighted by Crippen LogP contribution is -2.31. The zero-order chi connectivity index (χ0) is 18.0. The third-order valence-corrected chi connectivity index (χ3v) is 4.41. The molecule has 0 bridgehead atoms. The zero-order valence-corrected chi connectivity index (χ0v) is 14.3. The van der Waals surface area contributed by atoms with Crippen LogP contribution in [0, 0.1) is 5.92 Å². The van der Waals surface area contributed by atoms with Crippen molar-refractivity contribution < 1.29 is 17.9 Å². The summed E-state index contributed by atoms with van der Waals surface area (Å²) in [5.41, 5.74) is 0.280. The molecule has 1 unspecified atom stereocenters. The highest BCUT2D eigenvalue weighted by Gasteiger charge is 2.35. The van der Waals surface area contributed by atoms with E-state index in [0.29, 0.717) is 30.6 Å². The van der Waals surface area contributed by atoms with E-state index in [0.717, 1.165) is 31.3 Å². The number of alkyl halides is 3. The number of pyridine rings is 1. The van der Waals surface area contributed by atoms with Crippen LogP contribution in [0.3, 0.4) is 0 Å². The summed E-state index contributed by atoms with van der Waals surface area (Å²) in [5, 5.41) is 0. The number of methoxy groups -OCH3 is 1. The van der Waals surface area contributed by atoms with Gasteiger partial charge in [0.25, 0.3) is 0 Å². The Labute approximate surface area is 144 Å². The van der Waals surface area contributed by atoms with Crippen LogP contribution in [0.2, 0.25) is 0 Å². The van der Waals surface area contributed by atoms with Gasteiger partial charge in [-0.2, -0.15) is 13.2 Å². The van der Waals surface area contributed by atoms with E-state index in [1.54, 1.807) is 17.9 Å². The third-order valence-electron chi connectivity index (χ3n) is 4.41. The fourth-order valence-corrected chi connectivity index (χ4v) is 3.24. The molecule has 0 fully saturated rings. The molecule has 25 heavy (non-hydrogen) atoms. The minimum Gasteiger partial charge on any atom is -0.481 e. The molecule has 136 valence electrons. The van der Waals surface area contributed by atoms with E-state index < -0.39 is 11.9 Å². The van der Waals surface area contributed by atoms with E-state index in [-0.39, 0.29) is 0 Å². The Morgan fingerprint density at radius 3 is 2.80 bits per heavy atom. The summed E-state index contributed by atoms with van der Waals surface area (Å²) >= 11 is 0. The molecule has 0 saturated heterocycles. The minimum absolute atomic E-state index is 0.305.